The second-order valence-electron chi connectivity index (χ2n) is 3.81. The maximum absolute atomic E-state index is 11.7. The standard InChI is InChI=1S/C12H9N3O5S/c16-7-4-2-1-3-6(7)10(18)15-14-9(17)5-8-11(19)13-12(20)21-8/h1-5,16H,(H,14,17)(H,15,18)(H,13,19,20)/b8-5-. The monoisotopic (exact) mass is 307 g/mol. The SMILES string of the molecule is O=C(/C=C1\SC(=O)NC1=O)NNC(=O)c1ccccc1O. The number of para-hydroxylation sites is 1. The molecule has 0 aromatic heterocycles. The van der Waals surface area contributed by atoms with E-state index in [1.165, 1.54) is 12.1 Å². The summed E-state index contributed by atoms with van der Waals surface area (Å²) in [7, 11) is 0. The molecule has 2 rings (SSSR count). The lowest BCUT2D eigenvalue weighted by Gasteiger charge is -2.06. The van der Waals surface area contributed by atoms with Crippen molar-refractivity contribution in [3.8, 4) is 5.75 Å². The van der Waals surface area contributed by atoms with Gasteiger partial charge in [-0.15, -0.1) is 0 Å². The van der Waals surface area contributed by atoms with E-state index in [0.29, 0.717) is 11.8 Å². The van der Waals surface area contributed by atoms with Gasteiger partial charge in [0.1, 0.15) is 5.75 Å². The highest BCUT2D eigenvalue weighted by Gasteiger charge is 2.26. The molecule has 9 heteroatoms. The Morgan fingerprint density at radius 1 is 1.19 bits per heavy atom. The number of thioether (sulfide) groups is 1. The van der Waals surface area contributed by atoms with E-state index in [0.717, 1.165) is 6.08 Å². The lowest BCUT2D eigenvalue weighted by molar-refractivity contribution is -0.118. The fourth-order valence-corrected chi connectivity index (χ4v) is 2.08. The Kier molecular flexibility index (Phi) is 4.24. The number of amides is 4. The van der Waals surface area contributed by atoms with Crippen molar-refractivity contribution in [1.29, 1.82) is 0 Å². The minimum atomic E-state index is -0.786. The number of carbonyl (C=O) groups excluding carboxylic acids is 4. The summed E-state index contributed by atoms with van der Waals surface area (Å²) in [5, 5.41) is 10.9. The number of rotatable bonds is 2. The predicted octanol–water partition coefficient (Wildman–Crippen LogP) is 0.0201. The molecule has 0 spiro atoms. The molecule has 0 atom stereocenters. The van der Waals surface area contributed by atoms with Crippen molar-refractivity contribution >= 4 is 34.7 Å². The van der Waals surface area contributed by atoms with Crippen LogP contribution in [0.1, 0.15) is 10.4 Å². The summed E-state index contributed by atoms with van der Waals surface area (Å²) >= 11 is 0.583. The quantitative estimate of drug-likeness (QED) is 0.451. The molecule has 1 aliphatic rings. The van der Waals surface area contributed by atoms with E-state index in [1.807, 2.05) is 10.7 Å². The van der Waals surface area contributed by atoms with Crippen LogP contribution in [0.25, 0.3) is 0 Å². The minimum Gasteiger partial charge on any atom is -0.507 e. The Hall–Kier alpha value is -2.81. The number of aromatic hydroxyl groups is 1. The lowest BCUT2D eigenvalue weighted by atomic mass is 10.2. The number of imide groups is 1. The lowest BCUT2D eigenvalue weighted by Crippen LogP contribution is -2.41. The molecule has 0 saturated carbocycles. The van der Waals surface area contributed by atoms with Crippen LogP contribution >= 0.6 is 11.8 Å². The zero-order valence-electron chi connectivity index (χ0n) is 10.4. The van der Waals surface area contributed by atoms with Crippen molar-refractivity contribution in [2.24, 2.45) is 0 Å². The smallest absolute Gasteiger partial charge is 0.290 e. The third-order valence-electron chi connectivity index (χ3n) is 2.35. The number of hydrogen-bond acceptors (Lipinski definition) is 6. The van der Waals surface area contributed by atoms with Gasteiger partial charge in [0.05, 0.1) is 10.5 Å². The summed E-state index contributed by atoms with van der Waals surface area (Å²) in [6.07, 6.45) is 0.885. The number of hydrogen-bond donors (Lipinski definition) is 4. The van der Waals surface area contributed by atoms with Crippen molar-refractivity contribution in [2.75, 3.05) is 0 Å². The van der Waals surface area contributed by atoms with Crippen molar-refractivity contribution in [3.63, 3.8) is 0 Å². The van der Waals surface area contributed by atoms with Crippen LogP contribution < -0.4 is 16.2 Å². The summed E-state index contributed by atoms with van der Waals surface area (Å²) in [6.45, 7) is 0. The Morgan fingerprint density at radius 2 is 1.90 bits per heavy atom. The van der Waals surface area contributed by atoms with Gasteiger partial charge >= 0.3 is 0 Å². The molecule has 1 aromatic rings. The molecular weight excluding hydrogens is 298 g/mol. The van der Waals surface area contributed by atoms with Gasteiger partial charge in [0, 0.05) is 6.08 Å². The molecule has 0 aliphatic carbocycles. The first-order chi connectivity index (χ1) is 9.97. The Labute approximate surface area is 122 Å². The van der Waals surface area contributed by atoms with E-state index in [1.54, 1.807) is 12.1 Å². The highest BCUT2D eigenvalue weighted by molar-refractivity contribution is 8.18. The fraction of sp³-hybridized carbons (Fsp3) is 0. The van der Waals surface area contributed by atoms with Crippen LogP contribution in [0.5, 0.6) is 5.75 Å². The molecular formula is C12H9N3O5S. The van der Waals surface area contributed by atoms with Crippen LogP contribution in [0.15, 0.2) is 35.2 Å². The van der Waals surface area contributed by atoms with Crippen LogP contribution in [0, 0.1) is 0 Å². The van der Waals surface area contributed by atoms with Crippen molar-refractivity contribution in [2.45, 2.75) is 0 Å². The first-order valence-electron chi connectivity index (χ1n) is 5.60. The van der Waals surface area contributed by atoms with Crippen LogP contribution in [-0.2, 0) is 9.59 Å². The van der Waals surface area contributed by atoms with Crippen LogP contribution in [0.2, 0.25) is 0 Å². The summed E-state index contributed by atoms with van der Waals surface area (Å²) in [4.78, 5) is 45.2. The molecule has 1 heterocycles. The van der Waals surface area contributed by atoms with E-state index in [4.69, 9.17) is 0 Å². The van der Waals surface area contributed by atoms with Gasteiger partial charge in [-0.25, -0.2) is 0 Å². The molecule has 1 fully saturated rings. The predicted molar refractivity (Wildman–Crippen MR) is 72.9 cm³/mol. The third-order valence-corrected chi connectivity index (χ3v) is 3.16. The number of hydrazine groups is 1. The molecule has 108 valence electrons. The van der Waals surface area contributed by atoms with E-state index in [2.05, 4.69) is 5.43 Å². The second kappa shape index (κ2) is 6.09. The van der Waals surface area contributed by atoms with Gasteiger partial charge in [0.25, 0.3) is 23.0 Å². The number of nitrogens with one attached hydrogen (secondary N) is 3. The van der Waals surface area contributed by atoms with Gasteiger partial charge in [-0.2, -0.15) is 0 Å². The van der Waals surface area contributed by atoms with Crippen LogP contribution in [0.3, 0.4) is 0 Å². The summed E-state index contributed by atoms with van der Waals surface area (Å²) in [6, 6.07) is 5.78. The highest BCUT2D eigenvalue weighted by Crippen LogP contribution is 2.22. The van der Waals surface area contributed by atoms with E-state index in [9.17, 15) is 24.3 Å². The zero-order chi connectivity index (χ0) is 15.4. The topological polar surface area (TPSA) is 125 Å². The summed E-state index contributed by atoms with van der Waals surface area (Å²) < 4.78 is 0. The number of phenolic OH excluding ortho intramolecular Hbond substituents is 1. The van der Waals surface area contributed by atoms with Crippen LogP contribution in [0.4, 0.5) is 4.79 Å². The maximum Gasteiger partial charge on any atom is 0.290 e. The molecule has 4 amide bonds. The molecule has 0 bridgehead atoms. The van der Waals surface area contributed by atoms with Crippen LogP contribution in [-0.4, -0.2) is 28.1 Å². The van der Waals surface area contributed by atoms with Crippen molar-refractivity contribution in [1.82, 2.24) is 16.2 Å². The van der Waals surface area contributed by atoms with E-state index >= 15 is 0 Å². The van der Waals surface area contributed by atoms with Gasteiger partial charge in [0.2, 0.25) is 0 Å². The largest absolute Gasteiger partial charge is 0.507 e. The Balaban J connectivity index is 1.94. The second-order valence-corrected chi connectivity index (χ2v) is 4.83. The van der Waals surface area contributed by atoms with Gasteiger partial charge in [-0.3, -0.25) is 35.3 Å². The number of carbonyl (C=O) groups is 4. The number of benzene rings is 1. The van der Waals surface area contributed by atoms with Gasteiger partial charge in [-0.1, -0.05) is 12.1 Å². The molecule has 1 aliphatic heterocycles. The molecule has 21 heavy (non-hydrogen) atoms. The average Bonchev–Trinajstić information content (AvgIpc) is 2.74. The summed E-state index contributed by atoms with van der Waals surface area (Å²) in [5.74, 6) is -2.42. The fourth-order valence-electron chi connectivity index (χ4n) is 1.43. The maximum atomic E-state index is 11.7. The molecule has 0 unspecified atom stereocenters. The van der Waals surface area contributed by atoms with Gasteiger partial charge in [0.15, 0.2) is 0 Å². The third kappa shape index (κ3) is 3.60. The summed E-state index contributed by atoms with van der Waals surface area (Å²) in [5.41, 5.74) is 4.09. The molecule has 1 aromatic carbocycles. The first-order valence-corrected chi connectivity index (χ1v) is 6.42. The first kappa shape index (κ1) is 14.6. The Bertz CT molecular complexity index is 671. The zero-order valence-corrected chi connectivity index (χ0v) is 11.2. The average molecular weight is 307 g/mol. The molecule has 8 nitrogen and oxygen atoms in total. The molecule has 4 N–H and O–H groups in total. The van der Waals surface area contributed by atoms with Gasteiger partial charge < -0.3 is 5.11 Å². The van der Waals surface area contributed by atoms with Gasteiger partial charge in [-0.05, 0) is 23.9 Å². The Morgan fingerprint density at radius 3 is 2.52 bits per heavy atom. The van der Waals surface area contributed by atoms with Crippen molar-refractivity contribution < 1.29 is 24.3 Å². The highest BCUT2D eigenvalue weighted by atomic mass is 32.2. The minimum absolute atomic E-state index is 0.0198. The van der Waals surface area contributed by atoms with E-state index in [-0.39, 0.29) is 16.2 Å². The van der Waals surface area contributed by atoms with Crippen molar-refractivity contribution in [3.05, 3.63) is 40.8 Å². The molecule has 1 saturated heterocycles. The molecule has 0 radical (unpaired) electrons. The van der Waals surface area contributed by atoms with E-state index < -0.39 is 23.0 Å². The normalized spacial score (nSPS) is 15.7. The number of phenols is 1.